The number of carbonyl (C=O) groups excluding carboxylic acids is 1. The number of anilines is 2. The molecule has 1 heterocycles. The summed E-state index contributed by atoms with van der Waals surface area (Å²) >= 11 is 0. The van der Waals surface area contributed by atoms with Gasteiger partial charge in [0.15, 0.2) is 13.2 Å². The Bertz CT molecular complexity index is 994. The molecule has 1 N–H and O–H groups in total. The van der Waals surface area contributed by atoms with E-state index in [2.05, 4.69) is 29.5 Å². The summed E-state index contributed by atoms with van der Waals surface area (Å²) in [7, 11) is 1.28. The van der Waals surface area contributed by atoms with Gasteiger partial charge in [0.1, 0.15) is 5.75 Å². The van der Waals surface area contributed by atoms with Crippen LogP contribution in [0.1, 0.15) is 0 Å². The average molecular weight is 552 g/mol. The van der Waals surface area contributed by atoms with Gasteiger partial charge in [-0.3, -0.25) is 10.2 Å². The van der Waals surface area contributed by atoms with Crippen LogP contribution in [0.15, 0.2) is 30.3 Å². The van der Waals surface area contributed by atoms with E-state index in [0.717, 1.165) is 29.2 Å². The Hall–Kier alpha value is -3.70. The quantitative estimate of drug-likeness (QED) is 0.418. The van der Waals surface area contributed by atoms with Crippen molar-refractivity contribution in [2.45, 2.75) is 18.7 Å². The number of amides is 2. The van der Waals surface area contributed by atoms with E-state index < -0.39 is 61.4 Å². The lowest BCUT2D eigenvalue weighted by Gasteiger charge is -2.23. The highest BCUT2D eigenvalue weighted by atomic mass is 19.4. The van der Waals surface area contributed by atoms with Crippen molar-refractivity contribution < 1.29 is 63.3 Å². The number of ether oxygens (including phenoxy) is 4. The zero-order chi connectivity index (χ0) is 27.9. The Morgan fingerprint density at radius 3 is 1.84 bits per heavy atom. The van der Waals surface area contributed by atoms with Gasteiger partial charge in [-0.1, -0.05) is 0 Å². The third kappa shape index (κ3) is 11.3. The first-order valence-electron chi connectivity index (χ1n) is 9.76. The summed E-state index contributed by atoms with van der Waals surface area (Å²) in [5, 5.41) is 2.05. The number of urea groups is 1. The van der Waals surface area contributed by atoms with Crippen molar-refractivity contribution in [3.05, 3.63) is 30.3 Å². The molecule has 0 saturated carbocycles. The molecule has 9 nitrogen and oxygen atoms in total. The van der Waals surface area contributed by atoms with Crippen LogP contribution in [0.3, 0.4) is 0 Å². The molecule has 206 valence electrons. The second kappa shape index (κ2) is 12.0. The van der Waals surface area contributed by atoms with E-state index in [1.807, 2.05) is 0 Å². The second-order valence-corrected chi connectivity index (χ2v) is 6.79. The molecule has 2 aromatic rings. The Morgan fingerprint density at radius 2 is 1.41 bits per heavy atom. The average Bonchev–Trinajstić information content (AvgIpc) is 2.75. The fourth-order valence-corrected chi connectivity index (χ4v) is 2.44. The van der Waals surface area contributed by atoms with Crippen LogP contribution in [0.2, 0.25) is 0 Å². The second-order valence-electron chi connectivity index (χ2n) is 6.79. The lowest BCUT2D eigenvalue weighted by Crippen LogP contribution is -2.38. The minimum absolute atomic E-state index is 0.0158. The van der Waals surface area contributed by atoms with Crippen LogP contribution in [-0.2, 0) is 4.74 Å². The number of carbonyl (C=O) groups is 1. The first-order valence-corrected chi connectivity index (χ1v) is 9.76. The van der Waals surface area contributed by atoms with E-state index in [1.54, 1.807) is 0 Å². The first-order chi connectivity index (χ1) is 17.0. The van der Waals surface area contributed by atoms with Crippen LogP contribution in [0, 0.1) is 0 Å². The van der Waals surface area contributed by atoms with Crippen LogP contribution in [0.5, 0.6) is 17.5 Å². The Labute approximate surface area is 202 Å². The maximum Gasteiger partial charge on any atom is 0.573 e. The minimum atomic E-state index is -4.96. The summed E-state index contributed by atoms with van der Waals surface area (Å²) in [6.45, 7) is -3.99. The molecule has 18 heteroatoms. The molecule has 0 aliphatic heterocycles. The Morgan fingerprint density at radius 1 is 0.892 bits per heavy atom. The molecule has 0 fully saturated rings. The zero-order valence-electron chi connectivity index (χ0n) is 18.5. The maximum atomic E-state index is 12.8. The normalized spacial score (nSPS) is 12.2. The van der Waals surface area contributed by atoms with Crippen molar-refractivity contribution in [1.29, 1.82) is 0 Å². The van der Waals surface area contributed by atoms with Gasteiger partial charge >= 0.3 is 24.7 Å². The maximum absolute atomic E-state index is 12.8. The number of hydrogen-bond donors (Lipinski definition) is 1. The number of aromatic nitrogens is 2. The smallest absolute Gasteiger partial charge is 0.468 e. The van der Waals surface area contributed by atoms with Crippen LogP contribution in [0.4, 0.5) is 55.9 Å². The number of rotatable bonds is 10. The van der Waals surface area contributed by atoms with E-state index in [1.165, 1.54) is 7.11 Å². The number of benzene rings is 1. The molecular weight excluding hydrogens is 535 g/mol. The first kappa shape index (κ1) is 29.5. The lowest BCUT2D eigenvalue weighted by molar-refractivity contribution is -0.274. The van der Waals surface area contributed by atoms with E-state index in [4.69, 9.17) is 4.74 Å². The van der Waals surface area contributed by atoms with Gasteiger partial charge in [-0.2, -0.15) is 36.3 Å². The van der Waals surface area contributed by atoms with Crippen LogP contribution < -0.4 is 24.4 Å². The van der Waals surface area contributed by atoms with Gasteiger partial charge in [-0.05, 0) is 24.3 Å². The van der Waals surface area contributed by atoms with Gasteiger partial charge in [-0.25, -0.2) is 4.79 Å². The van der Waals surface area contributed by atoms with E-state index in [0.29, 0.717) is 6.07 Å². The Kier molecular flexibility index (Phi) is 9.60. The van der Waals surface area contributed by atoms with Gasteiger partial charge in [0.2, 0.25) is 17.7 Å². The fourth-order valence-electron chi connectivity index (χ4n) is 2.44. The predicted octanol–water partition coefficient (Wildman–Crippen LogP) is 4.94. The van der Waals surface area contributed by atoms with Crippen molar-refractivity contribution in [2.24, 2.45) is 0 Å². The lowest BCUT2D eigenvalue weighted by atomic mass is 10.2. The highest BCUT2D eigenvalue weighted by molar-refractivity contribution is 6.00. The topological polar surface area (TPSA) is 95.0 Å². The van der Waals surface area contributed by atoms with E-state index in [-0.39, 0.29) is 18.8 Å². The number of hydrogen-bond acceptors (Lipinski definition) is 7. The summed E-state index contributed by atoms with van der Waals surface area (Å²) in [5.74, 6) is -3.11. The molecule has 2 rings (SSSR count). The summed E-state index contributed by atoms with van der Waals surface area (Å²) in [4.78, 5) is 20.7. The largest absolute Gasteiger partial charge is 0.573 e. The number of halogens is 9. The van der Waals surface area contributed by atoms with Crippen molar-refractivity contribution in [1.82, 2.24) is 9.97 Å². The summed E-state index contributed by atoms with van der Waals surface area (Å²) in [6, 6.07) is 3.45. The van der Waals surface area contributed by atoms with Gasteiger partial charge in [0, 0.05) is 12.8 Å². The minimum Gasteiger partial charge on any atom is -0.468 e. The molecule has 0 atom stereocenters. The molecule has 37 heavy (non-hydrogen) atoms. The predicted molar refractivity (Wildman–Crippen MR) is 106 cm³/mol. The molecular formula is C19H17F9N4O5. The third-order valence-electron chi connectivity index (χ3n) is 3.81. The third-order valence-corrected chi connectivity index (χ3v) is 3.81. The number of alkyl halides is 9. The Balaban J connectivity index is 2.29. The molecule has 0 unspecified atom stereocenters. The standard InChI is InChI=1S/C19H17F9N4O5/c1-34-7-6-32(11-2-4-12(5-3-11)37-19(26,27)28)16(33)31-15-29-13(35-9-17(20,21)22)8-14(30-15)36-10-18(23,24)25/h2-5,8H,6-7,9-10H2,1H3,(H,29,30,31,33). The van der Waals surface area contributed by atoms with Gasteiger partial charge < -0.3 is 18.9 Å². The highest BCUT2D eigenvalue weighted by Gasteiger charge is 2.32. The number of nitrogens with zero attached hydrogens (tertiary/aromatic N) is 3. The molecule has 0 saturated heterocycles. The number of nitrogens with one attached hydrogen (secondary N) is 1. The fraction of sp³-hybridized carbons (Fsp3) is 0.421. The summed E-state index contributed by atoms with van der Waals surface area (Å²) < 4.78 is 129. The van der Waals surface area contributed by atoms with Crippen LogP contribution in [-0.4, -0.2) is 68.2 Å². The van der Waals surface area contributed by atoms with Crippen molar-refractivity contribution in [3.63, 3.8) is 0 Å². The monoisotopic (exact) mass is 552 g/mol. The molecule has 0 radical (unpaired) electrons. The van der Waals surface area contributed by atoms with Crippen molar-refractivity contribution in [3.8, 4) is 17.5 Å². The summed E-state index contributed by atoms with van der Waals surface area (Å²) in [6.07, 6.45) is -14.6. The molecule has 1 aromatic carbocycles. The molecule has 2 amide bonds. The SMILES string of the molecule is COCCN(C(=O)Nc1nc(OCC(F)(F)F)cc(OCC(F)(F)F)n1)c1ccc(OC(F)(F)F)cc1. The molecule has 1 aromatic heterocycles. The summed E-state index contributed by atoms with van der Waals surface area (Å²) in [5.41, 5.74) is 0.0158. The van der Waals surface area contributed by atoms with E-state index in [9.17, 15) is 44.3 Å². The van der Waals surface area contributed by atoms with Gasteiger partial charge in [0.25, 0.3) is 0 Å². The number of methoxy groups -OCH3 is 1. The highest BCUT2D eigenvalue weighted by Crippen LogP contribution is 2.27. The van der Waals surface area contributed by atoms with Gasteiger partial charge in [0.05, 0.1) is 19.2 Å². The molecule has 0 aliphatic rings. The van der Waals surface area contributed by atoms with E-state index >= 15 is 0 Å². The van der Waals surface area contributed by atoms with Gasteiger partial charge in [-0.15, -0.1) is 13.2 Å². The molecule has 0 spiro atoms. The molecule has 0 bridgehead atoms. The van der Waals surface area contributed by atoms with Crippen LogP contribution >= 0.6 is 0 Å². The van der Waals surface area contributed by atoms with Crippen LogP contribution in [0.25, 0.3) is 0 Å². The zero-order valence-corrected chi connectivity index (χ0v) is 18.5. The van der Waals surface area contributed by atoms with Crippen molar-refractivity contribution in [2.75, 3.05) is 43.7 Å². The van der Waals surface area contributed by atoms with Crippen molar-refractivity contribution >= 4 is 17.7 Å². The molecule has 0 aliphatic carbocycles.